The minimum absolute atomic E-state index is 0.0148. The van der Waals surface area contributed by atoms with Crippen molar-refractivity contribution in [1.82, 2.24) is 9.71 Å². The first kappa shape index (κ1) is 21.4. The van der Waals surface area contributed by atoms with E-state index >= 15 is 0 Å². The van der Waals surface area contributed by atoms with E-state index in [1.165, 1.54) is 22.8 Å². The SMILES string of the molecule is O=C1C(NS(=O)(=O)c2ccccc2)=C([n+]2ccc(-c3ccncc3)cc2)C(=O)c2ccccc21. The zero-order chi connectivity index (χ0) is 23.7. The molecule has 0 unspecified atom stereocenters. The number of rotatable bonds is 5. The third kappa shape index (κ3) is 3.80. The van der Waals surface area contributed by atoms with E-state index in [1.807, 2.05) is 12.1 Å². The standard InChI is InChI=1S/C26H17N3O4S/c30-25-21-8-4-5-9-22(21)26(31)24(23(25)28-34(32,33)20-6-2-1-3-7-20)29-16-12-19(13-17-29)18-10-14-27-15-11-18/h1-17H/p+1. The Hall–Kier alpha value is -4.43. The van der Waals surface area contributed by atoms with Crippen LogP contribution in [0.15, 0.2) is 114 Å². The van der Waals surface area contributed by atoms with Gasteiger partial charge in [-0.05, 0) is 35.4 Å². The molecule has 0 saturated carbocycles. The lowest BCUT2D eigenvalue weighted by atomic mass is 9.90. The summed E-state index contributed by atoms with van der Waals surface area (Å²) in [6.07, 6.45) is 6.60. The molecule has 1 aliphatic rings. The summed E-state index contributed by atoms with van der Waals surface area (Å²) in [5, 5.41) is 0. The van der Waals surface area contributed by atoms with Crippen molar-refractivity contribution in [3.63, 3.8) is 0 Å². The predicted octanol–water partition coefficient (Wildman–Crippen LogP) is 3.26. The van der Waals surface area contributed by atoms with E-state index < -0.39 is 21.6 Å². The van der Waals surface area contributed by atoms with Gasteiger partial charge in [0.05, 0.1) is 4.90 Å². The average molecular weight is 469 g/mol. The minimum atomic E-state index is -4.11. The molecule has 2 heterocycles. The number of carbonyl (C=O) groups excluding carboxylic acids is 2. The molecule has 0 saturated heterocycles. The van der Waals surface area contributed by atoms with E-state index in [2.05, 4.69) is 9.71 Å². The summed E-state index contributed by atoms with van der Waals surface area (Å²) in [6, 6.07) is 21.3. The smallest absolute Gasteiger partial charge is 0.287 e. The summed E-state index contributed by atoms with van der Waals surface area (Å²) >= 11 is 0. The number of Topliss-reactive ketones (excluding diaryl/α,β-unsaturated/α-hetero) is 2. The zero-order valence-electron chi connectivity index (χ0n) is 17.8. The molecule has 0 bridgehead atoms. The van der Waals surface area contributed by atoms with E-state index in [1.54, 1.807) is 73.3 Å². The molecule has 166 valence electrons. The van der Waals surface area contributed by atoms with Crippen LogP contribution in [0.25, 0.3) is 16.8 Å². The number of allylic oxidation sites excluding steroid dienone is 2. The normalized spacial score (nSPS) is 13.5. The maximum Gasteiger partial charge on any atom is 0.287 e. The second-order valence-electron chi connectivity index (χ2n) is 7.58. The van der Waals surface area contributed by atoms with Gasteiger partial charge < -0.3 is 0 Å². The van der Waals surface area contributed by atoms with Crippen LogP contribution >= 0.6 is 0 Å². The van der Waals surface area contributed by atoms with Crippen molar-refractivity contribution in [2.45, 2.75) is 4.90 Å². The van der Waals surface area contributed by atoms with Gasteiger partial charge in [0, 0.05) is 35.7 Å². The first-order chi connectivity index (χ1) is 16.5. The maximum absolute atomic E-state index is 13.5. The number of benzene rings is 2. The number of nitrogens with zero attached hydrogens (tertiary/aromatic N) is 2. The molecule has 0 atom stereocenters. The third-order valence-corrected chi connectivity index (χ3v) is 6.85. The second kappa shape index (κ2) is 8.49. The molecule has 4 aromatic rings. The third-order valence-electron chi connectivity index (χ3n) is 5.49. The van der Waals surface area contributed by atoms with E-state index in [0.29, 0.717) is 0 Å². The van der Waals surface area contributed by atoms with Gasteiger partial charge in [0.15, 0.2) is 18.1 Å². The Morgan fingerprint density at radius 1 is 0.676 bits per heavy atom. The van der Waals surface area contributed by atoms with Crippen molar-refractivity contribution >= 4 is 27.3 Å². The van der Waals surface area contributed by atoms with Gasteiger partial charge in [0.1, 0.15) is 0 Å². The highest BCUT2D eigenvalue weighted by Gasteiger charge is 2.40. The fourth-order valence-electron chi connectivity index (χ4n) is 3.81. The van der Waals surface area contributed by atoms with Gasteiger partial charge in [0.25, 0.3) is 21.5 Å². The van der Waals surface area contributed by atoms with E-state index in [9.17, 15) is 18.0 Å². The predicted molar refractivity (Wildman–Crippen MR) is 125 cm³/mol. The first-order valence-electron chi connectivity index (χ1n) is 10.4. The number of pyridine rings is 2. The molecule has 0 fully saturated rings. The van der Waals surface area contributed by atoms with Gasteiger partial charge in [-0.15, -0.1) is 0 Å². The average Bonchev–Trinajstić information content (AvgIpc) is 2.88. The van der Waals surface area contributed by atoms with Crippen molar-refractivity contribution < 1.29 is 22.6 Å². The lowest BCUT2D eigenvalue weighted by Crippen LogP contribution is -2.44. The van der Waals surface area contributed by atoms with Crippen LogP contribution in [0.4, 0.5) is 0 Å². The van der Waals surface area contributed by atoms with Crippen LogP contribution in [0.1, 0.15) is 20.7 Å². The monoisotopic (exact) mass is 468 g/mol. The van der Waals surface area contributed by atoms with Crippen LogP contribution in [-0.4, -0.2) is 25.0 Å². The number of fused-ring (bicyclic) bond motifs is 1. The van der Waals surface area contributed by atoms with Gasteiger partial charge in [-0.2, -0.15) is 4.57 Å². The van der Waals surface area contributed by atoms with Crippen LogP contribution in [-0.2, 0) is 10.0 Å². The topological polar surface area (TPSA) is 97.1 Å². The molecular weight excluding hydrogens is 450 g/mol. The van der Waals surface area contributed by atoms with Crippen molar-refractivity contribution in [1.29, 1.82) is 0 Å². The highest BCUT2D eigenvalue weighted by molar-refractivity contribution is 7.89. The maximum atomic E-state index is 13.5. The van der Waals surface area contributed by atoms with Crippen molar-refractivity contribution in [2.24, 2.45) is 0 Å². The largest absolute Gasteiger partial charge is 0.287 e. The number of hydrogen-bond acceptors (Lipinski definition) is 5. The molecule has 0 radical (unpaired) electrons. The molecule has 1 aliphatic carbocycles. The molecule has 1 N–H and O–H groups in total. The highest BCUT2D eigenvalue weighted by atomic mass is 32.2. The molecule has 5 rings (SSSR count). The van der Waals surface area contributed by atoms with Gasteiger partial charge in [0.2, 0.25) is 5.78 Å². The van der Waals surface area contributed by atoms with Gasteiger partial charge >= 0.3 is 0 Å². The Bertz CT molecular complexity index is 1550. The molecule has 8 heteroatoms. The van der Waals surface area contributed by atoms with Gasteiger partial charge in [-0.1, -0.05) is 42.5 Å². The van der Waals surface area contributed by atoms with E-state index in [0.717, 1.165) is 11.1 Å². The lowest BCUT2D eigenvalue weighted by Gasteiger charge is -2.18. The second-order valence-corrected chi connectivity index (χ2v) is 9.26. The van der Waals surface area contributed by atoms with Crippen molar-refractivity contribution in [3.05, 3.63) is 120 Å². The lowest BCUT2D eigenvalue weighted by molar-refractivity contribution is -0.577. The summed E-state index contributed by atoms with van der Waals surface area (Å²) in [5.41, 5.74) is 1.81. The van der Waals surface area contributed by atoms with Gasteiger partial charge in [-0.25, -0.2) is 8.42 Å². The number of hydrogen-bond donors (Lipinski definition) is 1. The highest BCUT2D eigenvalue weighted by Crippen LogP contribution is 2.27. The van der Waals surface area contributed by atoms with Crippen LogP contribution in [0.2, 0.25) is 0 Å². The molecule has 2 aromatic carbocycles. The van der Waals surface area contributed by atoms with Crippen LogP contribution in [0, 0.1) is 0 Å². The van der Waals surface area contributed by atoms with Crippen LogP contribution in [0.3, 0.4) is 0 Å². The number of carbonyl (C=O) groups is 2. The van der Waals surface area contributed by atoms with Crippen LogP contribution in [0.5, 0.6) is 0 Å². The first-order valence-corrected chi connectivity index (χ1v) is 11.9. The number of nitrogens with one attached hydrogen (secondary N) is 1. The molecule has 7 nitrogen and oxygen atoms in total. The summed E-state index contributed by atoms with van der Waals surface area (Å²) in [7, 11) is -4.11. The molecule has 0 aliphatic heterocycles. The summed E-state index contributed by atoms with van der Waals surface area (Å²) in [5.74, 6) is -1.03. The number of sulfonamides is 1. The Labute approximate surface area is 196 Å². The zero-order valence-corrected chi connectivity index (χ0v) is 18.6. The van der Waals surface area contributed by atoms with Gasteiger partial charge in [-0.3, -0.25) is 19.3 Å². The fourth-order valence-corrected chi connectivity index (χ4v) is 4.90. The fraction of sp³-hybridized carbons (Fsp3) is 0. The molecule has 34 heavy (non-hydrogen) atoms. The molecule has 0 spiro atoms. The van der Waals surface area contributed by atoms with Crippen molar-refractivity contribution in [3.8, 4) is 11.1 Å². The number of aromatic nitrogens is 2. The molecule has 2 aromatic heterocycles. The minimum Gasteiger partial charge on any atom is -0.287 e. The number of ketones is 2. The summed E-state index contributed by atoms with van der Waals surface area (Å²) < 4.78 is 30.0. The Morgan fingerprint density at radius 3 is 1.88 bits per heavy atom. The van der Waals surface area contributed by atoms with Crippen molar-refractivity contribution in [2.75, 3.05) is 0 Å². The van der Waals surface area contributed by atoms with E-state index in [-0.39, 0.29) is 27.4 Å². The summed E-state index contributed by atoms with van der Waals surface area (Å²) in [4.78, 5) is 30.9. The quantitative estimate of drug-likeness (QED) is 0.454. The van der Waals surface area contributed by atoms with Crippen LogP contribution < -0.4 is 9.29 Å². The summed E-state index contributed by atoms with van der Waals surface area (Å²) in [6.45, 7) is 0. The molecular formula is C26H18N3O4S+. The molecule has 0 amide bonds. The van der Waals surface area contributed by atoms with E-state index in [4.69, 9.17) is 0 Å². The Morgan fingerprint density at radius 2 is 1.24 bits per heavy atom. The Kier molecular flexibility index (Phi) is 5.35. The Balaban J connectivity index is 1.65.